The molecule has 0 aliphatic carbocycles. The predicted octanol–water partition coefficient (Wildman–Crippen LogP) is 3.35. The Bertz CT molecular complexity index is 849. The summed E-state index contributed by atoms with van der Waals surface area (Å²) >= 11 is 0. The van der Waals surface area contributed by atoms with E-state index >= 15 is 0 Å². The smallest absolute Gasteiger partial charge is 0.263 e. The van der Waals surface area contributed by atoms with Gasteiger partial charge in [0.15, 0.2) is 0 Å². The van der Waals surface area contributed by atoms with Crippen molar-refractivity contribution >= 4 is 21.4 Å². The van der Waals surface area contributed by atoms with E-state index in [1.54, 1.807) is 24.3 Å². The number of sulfonamides is 1. The van der Waals surface area contributed by atoms with Gasteiger partial charge in [0.1, 0.15) is 11.0 Å². The molecule has 1 heterocycles. The minimum absolute atomic E-state index is 0.00685. The number of hydrogen-bond donors (Lipinski definition) is 1. The Labute approximate surface area is 142 Å². The highest BCUT2D eigenvalue weighted by atomic mass is 32.2. The van der Waals surface area contributed by atoms with Crippen molar-refractivity contribution in [3.63, 3.8) is 0 Å². The summed E-state index contributed by atoms with van der Waals surface area (Å²) < 4.78 is 27.5. The zero-order valence-electron chi connectivity index (χ0n) is 13.3. The average Bonchev–Trinajstić information content (AvgIpc) is 2.63. The fourth-order valence-corrected chi connectivity index (χ4v) is 4.11. The monoisotopic (exact) mass is 341 g/mol. The van der Waals surface area contributed by atoms with Gasteiger partial charge in [0.2, 0.25) is 0 Å². The molecule has 3 rings (SSSR count). The van der Waals surface area contributed by atoms with Crippen LogP contribution in [0.2, 0.25) is 0 Å². The Kier molecular flexibility index (Phi) is 4.72. The Morgan fingerprint density at radius 3 is 2.29 bits per heavy atom. The molecular formula is C18H19N3O2S. The van der Waals surface area contributed by atoms with Gasteiger partial charge in [-0.25, -0.2) is 8.42 Å². The zero-order valence-corrected chi connectivity index (χ0v) is 14.1. The number of anilines is 2. The molecule has 0 radical (unpaired) electrons. The minimum Gasteiger partial charge on any atom is -0.372 e. The Balaban J connectivity index is 1.79. The van der Waals surface area contributed by atoms with Crippen molar-refractivity contribution < 1.29 is 8.42 Å². The van der Waals surface area contributed by atoms with Crippen LogP contribution < -0.4 is 9.62 Å². The summed E-state index contributed by atoms with van der Waals surface area (Å²) in [6.07, 6.45) is 3.66. The predicted molar refractivity (Wildman–Crippen MR) is 94.5 cm³/mol. The molecule has 1 aliphatic rings. The largest absolute Gasteiger partial charge is 0.372 e. The van der Waals surface area contributed by atoms with Crippen molar-refractivity contribution in [3.8, 4) is 6.07 Å². The lowest BCUT2D eigenvalue weighted by atomic mass is 10.1. The average molecular weight is 341 g/mol. The first-order valence-electron chi connectivity index (χ1n) is 7.97. The van der Waals surface area contributed by atoms with Crippen molar-refractivity contribution in [1.29, 1.82) is 5.26 Å². The van der Waals surface area contributed by atoms with E-state index < -0.39 is 10.0 Å². The number of nitrogens with one attached hydrogen (secondary N) is 1. The van der Waals surface area contributed by atoms with Crippen LogP contribution in [-0.4, -0.2) is 21.5 Å². The zero-order chi connectivity index (χ0) is 17.0. The lowest BCUT2D eigenvalue weighted by molar-refractivity contribution is 0.578. The fourth-order valence-electron chi connectivity index (χ4n) is 2.90. The first kappa shape index (κ1) is 16.3. The van der Waals surface area contributed by atoms with Crippen LogP contribution in [0.1, 0.15) is 24.8 Å². The van der Waals surface area contributed by atoms with Crippen molar-refractivity contribution in [2.45, 2.75) is 24.2 Å². The summed E-state index contributed by atoms with van der Waals surface area (Å²) in [6, 6.07) is 15.5. The normalized spacial score (nSPS) is 14.9. The third-order valence-corrected chi connectivity index (χ3v) is 5.58. The van der Waals surface area contributed by atoms with Gasteiger partial charge in [-0.05, 0) is 55.7 Å². The van der Waals surface area contributed by atoms with Crippen molar-refractivity contribution in [3.05, 3.63) is 54.1 Å². The van der Waals surface area contributed by atoms with Gasteiger partial charge in [-0.2, -0.15) is 5.26 Å². The lowest BCUT2D eigenvalue weighted by Crippen LogP contribution is -2.29. The molecule has 0 atom stereocenters. The van der Waals surface area contributed by atoms with Gasteiger partial charge in [-0.15, -0.1) is 0 Å². The van der Waals surface area contributed by atoms with Crippen LogP contribution in [0, 0.1) is 11.3 Å². The van der Waals surface area contributed by atoms with E-state index in [0.717, 1.165) is 18.8 Å². The third-order valence-electron chi connectivity index (χ3n) is 4.14. The molecule has 0 saturated carbocycles. The molecule has 0 amide bonds. The molecule has 2 aromatic rings. The maximum Gasteiger partial charge on any atom is 0.263 e. The SMILES string of the molecule is N#Cc1ccccc1S(=O)(=O)Nc1ccc(N2CCCCC2)cc1. The highest BCUT2D eigenvalue weighted by Crippen LogP contribution is 2.24. The summed E-state index contributed by atoms with van der Waals surface area (Å²) in [4.78, 5) is 2.31. The Hall–Kier alpha value is -2.52. The summed E-state index contributed by atoms with van der Waals surface area (Å²) in [6.45, 7) is 2.08. The van der Waals surface area contributed by atoms with Crippen molar-refractivity contribution in [1.82, 2.24) is 0 Å². The van der Waals surface area contributed by atoms with Crippen LogP contribution in [0.25, 0.3) is 0 Å². The number of nitrogens with zero attached hydrogens (tertiary/aromatic N) is 2. The number of benzene rings is 2. The Morgan fingerprint density at radius 2 is 1.62 bits per heavy atom. The van der Waals surface area contributed by atoms with Gasteiger partial charge in [-0.1, -0.05) is 12.1 Å². The second kappa shape index (κ2) is 6.93. The van der Waals surface area contributed by atoms with Gasteiger partial charge < -0.3 is 4.90 Å². The van der Waals surface area contributed by atoms with Crippen LogP contribution in [0.5, 0.6) is 0 Å². The van der Waals surface area contributed by atoms with Crippen molar-refractivity contribution in [2.24, 2.45) is 0 Å². The second-order valence-electron chi connectivity index (χ2n) is 5.81. The molecule has 24 heavy (non-hydrogen) atoms. The maximum absolute atomic E-state index is 12.5. The number of nitriles is 1. The van der Waals surface area contributed by atoms with Crippen LogP contribution in [-0.2, 0) is 10.0 Å². The number of rotatable bonds is 4. The van der Waals surface area contributed by atoms with E-state index in [1.165, 1.54) is 31.4 Å². The van der Waals surface area contributed by atoms with E-state index in [-0.39, 0.29) is 10.5 Å². The van der Waals surface area contributed by atoms with E-state index in [1.807, 2.05) is 18.2 Å². The molecule has 0 unspecified atom stereocenters. The quantitative estimate of drug-likeness (QED) is 0.925. The van der Waals surface area contributed by atoms with E-state index in [4.69, 9.17) is 5.26 Å². The van der Waals surface area contributed by atoms with E-state index in [0.29, 0.717) is 5.69 Å². The number of piperidine rings is 1. The number of hydrogen-bond acceptors (Lipinski definition) is 4. The van der Waals surface area contributed by atoms with Crippen LogP contribution in [0.3, 0.4) is 0 Å². The van der Waals surface area contributed by atoms with Crippen LogP contribution in [0.15, 0.2) is 53.4 Å². The molecule has 6 heteroatoms. The first-order chi connectivity index (χ1) is 11.6. The highest BCUT2D eigenvalue weighted by Gasteiger charge is 2.18. The van der Waals surface area contributed by atoms with Gasteiger partial charge >= 0.3 is 0 Å². The lowest BCUT2D eigenvalue weighted by Gasteiger charge is -2.28. The van der Waals surface area contributed by atoms with Crippen molar-refractivity contribution in [2.75, 3.05) is 22.7 Å². The molecular weight excluding hydrogens is 322 g/mol. The van der Waals surface area contributed by atoms with E-state index in [2.05, 4.69) is 9.62 Å². The van der Waals surface area contributed by atoms with Gasteiger partial charge in [-0.3, -0.25) is 4.72 Å². The molecule has 1 saturated heterocycles. The molecule has 1 fully saturated rings. The minimum atomic E-state index is -3.78. The topological polar surface area (TPSA) is 73.2 Å². The summed E-state index contributed by atoms with van der Waals surface area (Å²) in [7, 11) is -3.78. The molecule has 5 nitrogen and oxygen atoms in total. The highest BCUT2D eigenvalue weighted by molar-refractivity contribution is 7.92. The maximum atomic E-state index is 12.5. The molecule has 0 bridgehead atoms. The van der Waals surface area contributed by atoms with Crippen LogP contribution >= 0.6 is 0 Å². The first-order valence-corrected chi connectivity index (χ1v) is 9.45. The molecule has 0 spiro atoms. The molecule has 0 aromatic heterocycles. The van der Waals surface area contributed by atoms with E-state index in [9.17, 15) is 8.42 Å². The molecule has 124 valence electrons. The Morgan fingerprint density at radius 1 is 0.958 bits per heavy atom. The molecule has 2 aromatic carbocycles. The molecule has 1 aliphatic heterocycles. The second-order valence-corrected chi connectivity index (χ2v) is 7.46. The summed E-state index contributed by atoms with van der Waals surface area (Å²) in [5.41, 5.74) is 1.73. The van der Waals surface area contributed by atoms with Gasteiger partial charge in [0.05, 0.1) is 5.56 Å². The standard InChI is InChI=1S/C18H19N3O2S/c19-14-15-6-2-3-7-18(15)24(22,23)20-16-8-10-17(11-9-16)21-12-4-1-5-13-21/h2-3,6-11,20H,1,4-5,12-13H2. The van der Waals surface area contributed by atoms with Gasteiger partial charge in [0.25, 0.3) is 10.0 Å². The van der Waals surface area contributed by atoms with Gasteiger partial charge in [0, 0.05) is 24.5 Å². The third kappa shape index (κ3) is 3.52. The fraction of sp³-hybridized carbons (Fsp3) is 0.278. The molecule has 1 N–H and O–H groups in total. The van der Waals surface area contributed by atoms with Crippen LogP contribution in [0.4, 0.5) is 11.4 Å². The summed E-state index contributed by atoms with van der Waals surface area (Å²) in [5.74, 6) is 0. The summed E-state index contributed by atoms with van der Waals surface area (Å²) in [5, 5.41) is 9.08.